The number of rotatable bonds is 3. The fourth-order valence-corrected chi connectivity index (χ4v) is 2.02. The van der Waals surface area contributed by atoms with Crippen LogP contribution in [0.4, 0.5) is 0 Å². The summed E-state index contributed by atoms with van der Waals surface area (Å²) in [4.78, 5) is 10.3. The minimum Gasteiger partial charge on any atom is -0.481 e. The summed E-state index contributed by atoms with van der Waals surface area (Å²) in [6.07, 6.45) is 0.131. The number of hydrogen-bond donors (Lipinski definition) is 1. The smallest absolute Gasteiger partial charge is 0.305 e. The van der Waals surface area contributed by atoms with Crippen LogP contribution in [0.3, 0.4) is 0 Å². The topological polar surface area (TPSA) is 42.2 Å². The second kappa shape index (κ2) is 3.82. The van der Waals surface area contributed by atoms with Gasteiger partial charge in [-0.2, -0.15) is 0 Å². The first kappa shape index (κ1) is 9.41. The Hall–Kier alpha value is -0.680. The van der Waals surface area contributed by atoms with Gasteiger partial charge in [0.1, 0.15) is 0 Å². The second-order valence-corrected chi connectivity index (χ2v) is 3.94. The summed E-state index contributed by atoms with van der Waals surface area (Å²) in [5.74, 6) is -0.789. The van der Waals surface area contributed by atoms with E-state index in [0.717, 1.165) is 9.65 Å². The maximum atomic E-state index is 10.3. The van der Waals surface area contributed by atoms with Gasteiger partial charge in [0.15, 0.2) is 3.95 Å². The molecule has 1 N–H and O–H groups in total. The molecule has 0 aromatic carbocycles. The maximum Gasteiger partial charge on any atom is 0.305 e. The summed E-state index contributed by atoms with van der Waals surface area (Å²) in [5.41, 5.74) is 1.03. The third-order valence-electron chi connectivity index (χ3n) is 1.53. The Labute approximate surface area is 79.3 Å². The minimum absolute atomic E-state index is 0.131. The van der Waals surface area contributed by atoms with Crippen molar-refractivity contribution in [2.24, 2.45) is 0 Å². The van der Waals surface area contributed by atoms with Crippen LogP contribution in [0.25, 0.3) is 0 Å². The number of nitrogens with zero attached hydrogens (tertiary/aromatic N) is 1. The van der Waals surface area contributed by atoms with Crippen molar-refractivity contribution in [1.82, 2.24) is 4.57 Å². The van der Waals surface area contributed by atoms with Gasteiger partial charge in [-0.1, -0.05) is 0 Å². The van der Waals surface area contributed by atoms with E-state index in [1.165, 1.54) is 11.3 Å². The van der Waals surface area contributed by atoms with Gasteiger partial charge in [-0.15, -0.1) is 11.3 Å². The van der Waals surface area contributed by atoms with E-state index in [-0.39, 0.29) is 6.42 Å². The first-order valence-electron chi connectivity index (χ1n) is 3.48. The molecule has 5 heteroatoms. The quantitative estimate of drug-likeness (QED) is 0.765. The molecule has 0 fully saturated rings. The summed E-state index contributed by atoms with van der Waals surface area (Å²) in [5, 5.41) is 10.4. The number of carbonyl (C=O) groups is 1. The molecule has 0 radical (unpaired) electrons. The zero-order chi connectivity index (χ0) is 9.14. The predicted octanol–water partition coefficient (Wildman–Crippen LogP) is 2.06. The molecule has 0 atom stereocenters. The van der Waals surface area contributed by atoms with Crippen molar-refractivity contribution in [1.29, 1.82) is 0 Å². The van der Waals surface area contributed by atoms with Crippen LogP contribution in [0.2, 0.25) is 0 Å². The highest BCUT2D eigenvalue weighted by atomic mass is 32.1. The Bertz CT molecular complexity index is 339. The molecular weight excluding hydrogens is 194 g/mol. The standard InChI is InChI=1S/C7H9NO2S2/c1-5-4-12-7(11)8(5)3-2-6(9)10/h4H,2-3H2,1H3,(H,9,10). The third-order valence-corrected chi connectivity index (χ3v) is 2.92. The fourth-order valence-electron chi connectivity index (χ4n) is 0.882. The number of carboxylic acids is 1. The molecule has 0 aliphatic rings. The van der Waals surface area contributed by atoms with Crippen LogP contribution in [0.15, 0.2) is 5.38 Å². The van der Waals surface area contributed by atoms with Gasteiger partial charge >= 0.3 is 5.97 Å². The largest absolute Gasteiger partial charge is 0.481 e. The number of carboxylic acid groups (broad SMARTS) is 1. The van der Waals surface area contributed by atoms with E-state index < -0.39 is 5.97 Å². The van der Waals surface area contributed by atoms with E-state index in [4.69, 9.17) is 17.3 Å². The molecule has 1 aromatic rings. The monoisotopic (exact) mass is 203 g/mol. The van der Waals surface area contributed by atoms with Crippen molar-refractivity contribution < 1.29 is 9.90 Å². The van der Waals surface area contributed by atoms with E-state index >= 15 is 0 Å². The number of aryl methyl sites for hydroxylation is 1. The lowest BCUT2D eigenvalue weighted by molar-refractivity contribution is -0.137. The third kappa shape index (κ3) is 2.15. The average molecular weight is 203 g/mol. The van der Waals surface area contributed by atoms with Crippen molar-refractivity contribution in [2.45, 2.75) is 19.9 Å². The van der Waals surface area contributed by atoms with E-state index in [2.05, 4.69) is 0 Å². The van der Waals surface area contributed by atoms with Crippen molar-refractivity contribution in [3.8, 4) is 0 Å². The fraction of sp³-hybridized carbons (Fsp3) is 0.429. The van der Waals surface area contributed by atoms with Gasteiger partial charge in [-0.3, -0.25) is 4.79 Å². The van der Waals surface area contributed by atoms with Gasteiger partial charge in [0, 0.05) is 17.6 Å². The molecule has 1 heterocycles. The molecule has 12 heavy (non-hydrogen) atoms. The summed E-state index contributed by atoms with van der Waals surface area (Å²) < 4.78 is 2.59. The molecular formula is C7H9NO2S2. The Morgan fingerprint density at radius 3 is 2.92 bits per heavy atom. The average Bonchev–Trinajstić information content (AvgIpc) is 2.28. The molecule has 0 spiro atoms. The lowest BCUT2D eigenvalue weighted by Crippen LogP contribution is -2.05. The van der Waals surface area contributed by atoms with Crippen molar-refractivity contribution in [3.05, 3.63) is 15.0 Å². The highest BCUT2D eigenvalue weighted by Gasteiger charge is 2.01. The molecule has 0 bridgehead atoms. The van der Waals surface area contributed by atoms with Crippen LogP contribution in [-0.2, 0) is 11.3 Å². The molecule has 0 aliphatic carbocycles. The molecule has 3 nitrogen and oxygen atoms in total. The van der Waals surface area contributed by atoms with Crippen LogP contribution in [0.5, 0.6) is 0 Å². The first-order chi connectivity index (χ1) is 5.61. The number of hydrogen-bond acceptors (Lipinski definition) is 3. The molecule has 1 rings (SSSR count). The molecule has 0 aliphatic heterocycles. The Kier molecular flexibility index (Phi) is 2.99. The second-order valence-electron chi connectivity index (χ2n) is 2.44. The molecule has 0 saturated carbocycles. The summed E-state index contributed by atoms with van der Waals surface area (Å²) in [6, 6.07) is 0. The Balaban J connectivity index is 2.75. The summed E-state index contributed by atoms with van der Waals surface area (Å²) in [7, 11) is 0. The Morgan fingerprint density at radius 1 is 1.83 bits per heavy atom. The number of aromatic nitrogens is 1. The predicted molar refractivity (Wildman–Crippen MR) is 50.1 cm³/mol. The SMILES string of the molecule is Cc1csc(=S)n1CCC(=O)O. The van der Waals surface area contributed by atoms with E-state index in [9.17, 15) is 4.79 Å². The van der Waals surface area contributed by atoms with E-state index in [1.807, 2.05) is 16.9 Å². The minimum atomic E-state index is -0.789. The van der Waals surface area contributed by atoms with Gasteiger partial charge < -0.3 is 9.67 Å². The molecule has 1 aromatic heterocycles. The van der Waals surface area contributed by atoms with Crippen molar-refractivity contribution >= 4 is 29.5 Å². The normalized spacial score (nSPS) is 10.1. The van der Waals surface area contributed by atoms with Crippen LogP contribution in [0.1, 0.15) is 12.1 Å². The highest BCUT2D eigenvalue weighted by Crippen LogP contribution is 2.10. The van der Waals surface area contributed by atoms with Crippen LogP contribution in [0, 0.1) is 10.9 Å². The van der Waals surface area contributed by atoms with E-state index in [1.54, 1.807) is 0 Å². The van der Waals surface area contributed by atoms with Gasteiger partial charge in [-0.25, -0.2) is 0 Å². The van der Waals surface area contributed by atoms with Gasteiger partial charge in [0.2, 0.25) is 0 Å². The van der Waals surface area contributed by atoms with Crippen LogP contribution < -0.4 is 0 Å². The summed E-state index contributed by atoms with van der Waals surface area (Å²) in [6.45, 7) is 2.40. The number of thiazole rings is 1. The Morgan fingerprint density at radius 2 is 2.50 bits per heavy atom. The lowest BCUT2D eigenvalue weighted by Gasteiger charge is -2.01. The van der Waals surface area contributed by atoms with Gasteiger partial charge in [0.25, 0.3) is 0 Å². The maximum absolute atomic E-state index is 10.3. The highest BCUT2D eigenvalue weighted by molar-refractivity contribution is 7.73. The zero-order valence-electron chi connectivity index (χ0n) is 6.61. The van der Waals surface area contributed by atoms with Crippen LogP contribution in [-0.4, -0.2) is 15.6 Å². The first-order valence-corrected chi connectivity index (χ1v) is 4.77. The molecule has 66 valence electrons. The van der Waals surface area contributed by atoms with Crippen molar-refractivity contribution in [2.75, 3.05) is 0 Å². The van der Waals surface area contributed by atoms with Gasteiger partial charge in [-0.05, 0) is 19.1 Å². The molecule has 0 amide bonds. The van der Waals surface area contributed by atoms with Crippen LogP contribution >= 0.6 is 23.6 Å². The summed E-state index contributed by atoms with van der Waals surface area (Å²) >= 11 is 6.48. The van der Waals surface area contributed by atoms with E-state index in [0.29, 0.717) is 6.54 Å². The van der Waals surface area contributed by atoms with Gasteiger partial charge in [0.05, 0.1) is 6.42 Å². The molecule has 0 unspecified atom stereocenters. The zero-order valence-corrected chi connectivity index (χ0v) is 8.24. The van der Waals surface area contributed by atoms with Crippen molar-refractivity contribution in [3.63, 3.8) is 0 Å². The number of aliphatic carboxylic acids is 1. The molecule has 0 saturated heterocycles. The lowest BCUT2D eigenvalue weighted by atomic mass is 10.4.